The Morgan fingerprint density at radius 3 is 2.45 bits per heavy atom. The van der Waals surface area contributed by atoms with Crippen molar-refractivity contribution in [3.8, 4) is 0 Å². The van der Waals surface area contributed by atoms with Crippen LogP contribution < -0.4 is 15.5 Å². The number of nitrogens with zero attached hydrogens (tertiary/aromatic N) is 2. The molecule has 29 heavy (non-hydrogen) atoms. The molecule has 1 aromatic heterocycles. The Morgan fingerprint density at radius 2 is 1.76 bits per heavy atom. The van der Waals surface area contributed by atoms with Crippen LogP contribution in [0.15, 0.2) is 66.9 Å². The molecule has 1 aliphatic rings. The molecule has 0 unspecified atom stereocenters. The van der Waals surface area contributed by atoms with Crippen molar-refractivity contribution in [3.05, 3.63) is 78.0 Å². The van der Waals surface area contributed by atoms with Gasteiger partial charge in [-0.2, -0.15) is 0 Å². The van der Waals surface area contributed by atoms with E-state index in [1.165, 1.54) is 18.5 Å². The zero-order valence-corrected chi connectivity index (χ0v) is 16.7. The zero-order chi connectivity index (χ0) is 20.1. The first kappa shape index (κ1) is 19.0. The second kappa shape index (κ2) is 8.78. The summed E-state index contributed by atoms with van der Waals surface area (Å²) in [5.74, 6) is 0.700. The number of rotatable bonds is 6. The van der Waals surface area contributed by atoms with Gasteiger partial charge in [0.1, 0.15) is 5.82 Å². The molecule has 5 nitrogen and oxygen atoms in total. The summed E-state index contributed by atoms with van der Waals surface area (Å²) in [5, 5.41) is 6.21. The number of carbonyl (C=O) groups is 1. The van der Waals surface area contributed by atoms with Crippen LogP contribution in [0, 0.1) is 6.92 Å². The molecule has 2 aromatic carbocycles. The monoisotopic (exact) mass is 386 g/mol. The molecule has 1 amide bonds. The van der Waals surface area contributed by atoms with Crippen LogP contribution in [0.3, 0.4) is 0 Å². The SMILES string of the molecule is Cc1cccc(CC(=O)Nc2ccc(Nc3ccc(N4CCCC4)cc3)nc2)c1. The highest BCUT2D eigenvalue weighted by molar-refractivity contribution is 5.92. The van der Waals surface area contributed by atoms with Crippen LogP contribution in [0.1, 0.15) is 24.0 Å². The Bertz CT molecular complexity index is 961. The lowest BCUT2D eigenvalue weighted by Crippen LogP contribution is -2.17. The average molecular weight is 386 g/mol. The second-order valence-electron chi connectivity index (χ2n) is 7.51. The smallest absolute Gasteiger partial charge is 0.228 e. The minimum atomic E-state index is -0.0457. The van der Waals surface area contributed by atoms with Crippen molar-refractivity contribution in [3.63, 3.8) is 0 Å². The van der Waals surface area contributed by atoms with E-state index in [2.05, 4.69) is 44.8 Å². The van der Waals surface area contributed by atoms with Gasteiger partial charge >= 0.3 is 0 Å². The van der Waals surface area contributed by atoms with Gasteiger partial charge in [-0.1, -0.05) is 29.8 Å². The van der Waals surface area contributed by atoms with Gasteiger partial charge in [0.25, 0.3) is 0 Å². The predicted molar refractivity (Wildman–Crippen MR) is 119 cm³/mol. The van der Waals surface area contributed by atoms with E-state index >= 15 is 0 Å². The van der Waals surface area contributed by atoms with Crippen molar-refractivity contribution in [2.24, 2.45) is 0 Å². The second-order valence-corrected chi connectivity index (χ2v) is 7.51. The molecule has 1 fully saturated rings. The molecule has 5 heteroatoms. The summed E-state index contributed by atoms with van der Waals surface area (Å²) in [6.45, 7) is 4.31. The van der Waals surface area contributed by atoms with Crippen LogP contribution >= 0.6 is 0 Å². The number of hydrogen-bond donors (Lipinski definition) is 2. The van der Waals surface area contributed by atoms with Gasteiger partial charge in [-0.25, -0.2) is 4.98 Å². The van der Waals surface area contributed by atoms with Gasteiger partial charge in [-0.15, -0.1) is 0 Å². The molecular weight excluding hydrogens is 360 g/mol. The lowest BCUT2D eigenvalue weighted by atomic mass is 10.1. The van der Waals surface area contributed by atoms with Crippen molar-refractivity contribution < 1.29 is 4.79 Å². The topological polar surface area (TPSA) is 57.3 Å². The standard InChI is InChI=1S/C24H26N4O/c1-18-5-4-6-19(15-18)16-24(29)27-21-9-12-23(25-17-21)26-20-7-10-22(11-8-20)28-13-2-3-14-28/h4-12,15,17H,2-3,13-14,16H2,1H3,(H,25,26)(H,27,29). The normalized spacial score (nSPS) is 13.3. The Hall–Kier alpha value is -3.34. The van der Waals surface area contributed by atoms with Gasteiger partial charge in [0.05, 0.1) is 18.3 Å². The Morgan fingerprint density at radius 1 is 1.00 bits per heavy atom. The average Bonchev–Trinajstić information content (AvgIpc) is 3.25. The summed E-state index contributed by atoms with van der Waals surface area (Å²) in [7, 11) is 0. The number of pyridine rings is 1. The molecule has 1 saturated heterocycles. The van der Waals surface area contributed by atoms with E-state index in [-0.39, 0.29) is 5.91 Å². The number of aryl methyl sites for hydroxylation is 1. The first-order valence-electron chi connectivity index (χ1n) is 10.1. The maximum absolute atomic E-state index is 12.3. The molecule has 2 heterocycles. The van der Waals surface area contributed by atoms with E-state index in [1.807, 2.05) is 43.3 Å². The Labute approximate surface area is 171 Å². The number of amides is 1. The summed E-state index contributed by atoms with van der Waals surface area (Å²) >= 11 is 0. The molecule has 4 rings (SSSR count). The van der Waals surface area contributed by atoms with Gasteiger partial charge < -0.3 is 15.5 Å². The van der Waals surface area contributed by atoms with Gasteiger partial charge in [-0.05, 0) is 61.7 Å². The van der Waals surface area contributed by atoms with Crippen LogP contribution in [0.4, 0.5) is 22.9 Å². The molecule has 0 bridgehead atoms. The fraction of sp³-hybridized carbons (Fsp3) is 0.250. The van der Waals surface area contributed by atoms with E-state index in [4.69, 9.17) is 0 Å². The molecule has 0 spiro atoms. The fourth-order valence-corrected chi connectivity index (χ4v) is 3.63. The molecule has 0 atom stereocenters. The largest absolute Gasteiger partial charge is 0.372 e. The highest BCUT2D eigenvalue weighted by Gasteiger charge is 2.11. The van der Waals surface area contributed by atoms with Crippen LogP contribution in [-0.4, -0.2) is 24.0 Å². The summed E-state index contributed by atoms with van der Waals surface area (Å²) in [6, 6.07) is 20.2. The molecule has 3 aromatic rings. The maximum Gasteiger partial charge on any atom is 0.228 e. The van der Waals surface area contributed by atoms with Crippen molar-refractivity contribution in [1.29, 1.82) is 0 Å². The first-order chi connectivity index (χ1) is 14.2. The number of hydrogen-bond acceptors (Lipinski definition) is 4. The predicted octanol–water partition coefficient (Wildman–Crippen LogP) is 4.92. The summed E-state index contributed by atoms with van der Waals surface area (Å²) in [6.07, 6.45) is 4.58. The third-order valence-corrected chi connectivity index (χ3v) is 5.11. The molecule has 2 N–H and O–H groups in total. The highest BCUT2D eigenvalue weighted by atomic mass is 16.1. The van der Waals surface area contributed by atoms with E-state index in [0.717, 1.165) is 35.7 Å². The molecule has 0 radical (unpaired) electrons. The number of carbonyl (C=O) groups excluding carboxylic acids is 1. The van der Waals surface area contributed by atoms with E-state index < -0.39 is 0 Å². The lowest BCUT2D eigenvalue weighted by Gasteiger charge is -2.17. The van der Waals surface area contributed by atoms with Gasteiger partial charge in [-0.3, -0.25) is 4.79 Å². The number of anilines is 4. The van der Waals surface area contributed by atoms with Gasteiger partial charge in [0.15, 0.2) is 0 Å². The molecule has 1 aliphatic heterocycles. The van der Waals surface area contributed by atoms with Crippen LogP contribution in [0.5, 0.6) is 0 Å². The summed E-state index contributed by atoms with van der Waals surface area (Å²) in [5.41, 5.74) is 5.12. The lowest BCUT2D eigenvalue weighted by molar-refractivity contribution is -0.115. The van der Waals surface area contributed by atoms with Crippen molar-refractivity contribution in [2.45, 2.75) is 26.2 Å². The molecular formula is C24H26N4O. The molecule has 0 aliphatic carbocycles. The molecule has 0 saturated carbocycles. The molecule has 148 valence electrons. The van der Waals surface area contributed by atoms with Crippen LogP contribution in [0.25, 0.3) is 0 Å². The van der Waals surface area contributed by atoms with Gasteiger partial charge in [0.2, 0.25) is 5.91 Å². The third kappa shape index (κ3) is 5.13. The first-order valence-corrected chi connectivity index (χ1v) is 10.1. The number of nitrogens with one attached hydrogen (secondary N) is 2. The Balaban J connectivity index is 1.32. The zero-order valence-electron chi connectivity index (χ0n) is 16.7. The van der Waals surface area contributed by atoms with Crippen molar-refractivity contribution in [2.75, 3.05) is 28.6 Å². The minimum Gasteiger partial charge on any atom is -0.372 e. The fourth-order valence-electron chi connectivity index (χ4n) is 3.63. The Kier molecular flexibility index (Phi) is 5.75. The number of benzene rings is 2. The van der Waals surface area contributed by atoms with Crippen LogP contribution in [-0.2, 0) is 11.2 Å². The van der Waals surface area contributed by atoms with Crippen molar-refractivity contribution in [1.82, 2.24) is 4.98 Å². The third-order valence-electron chi connectivity index (χ3n) is 5.11. The summed E-state index contributed by atoms with van der Waals surface area (Å²) in [4.78, 5) is 19.1. The van der Waals surface area contributed by atoms with E-state index in [0.29, 0.717) is 12.1 Å². The maximum atomic E-state index is 12.3. The minimum absolute atomic E-state index is 0.0457. The summed E-state index contributed by atoms with van der Waals surface area (Å²) < 4.78 is 0. The number of aromatic nitrogens is 1. The van der Waals surface area contributed by atoms with Crippen molar-refractivity contribution >= 4 is 28.8 Å². The van der Waals surface area contributed by atoms with E-state index in [9.17, 15) is 4.79 Å². The van der Waals surface area contributed by atoms with Crippen LogP contribution in [0.2, 0.25) is 0 Å². The van der Waals surface area contributed by atoms with Gasteiger partial charge in [0, 0.05) is 24.5 Å². The van der Waals surface area contributed by atoms with E-state index in [1.54, 1.807) is 6.20 Å². The highest BCUT2D eigenvalue weighted by Crippen LogP contribution is 2.23. The quantitative estimate of drug-likeness (QED) is 0.632.